The molecule has 0 saturated heterocycles. The van der Waals surface area contributed by atoms with E-state index < -0.39 is 6.16 Å². The number of carbonyl (C=O) groups is 1. The molecule has 0 aromatic rings. The number of hydrogen-bond acceptors (Lipinski definition) is 1. The Balaban J connectivity index is 0. The predicted octanol–water partition coefficient (Wildman–Crippen LogP) is 0.222. The molecule has 0 aliphatic heterocycles. The summed E-state index contributed by atoms with van der Waals surface area (Å²) in [4.78, 5) is 8.56. The van der Waals surface area contributed by atoms with Crippen molar-refractivity contribution in [3.8, 4) is 0 Å². The summed E-state index contributed by atoms with van der Waals surface area (Å²) in [6.07, 6.45) is -1.83. The fourth-order valence-electron chi connectivity index (χ4n) is 0. The van der Waals surface area contributed by atoms with Gasteiger partial charge in [0.05, 0.1) is 0 Å². The summed E-state index contributed by atoms with van der Waals surface area (Å²) in [6.45, 7) is 0. The molecule has 0 rings (SSSR count). The normalized spacial score (nSPS) is 4.80. The quantitative estimate of drug-likeness (QED) is 0.460. The van der Waals surface area contributed by atoms with Crippen molar-refractivity contribution >= 4 is 6.16 Å². The molecule has 5 heavy (non-hydrogen) atoms. The first-order valence-electron chi connectivity index (χ1n) is 0.651. The van der Waals surface area contributed by atoms with Crippen molar-refractivity contribution in [1.29, 1.82) is 0 Å². The van der Waals surface area contributed by atoms with Crippen LogP contribution in [-0.4, -0.2) is 16.4 Å². The van der Waals surface area contributed by atoms with Gasteiger partial charge in [0.25, 0.3) is 0 Å². The molecule has 0 atom stereocenters. The third kappa shape index (κ3) is 103. The first kappa shape index (κ1) is 9.11. The van der Waals surface area contributed by atoms with Gasteiger partial charge in [-0.2, -0.15) is 0 Å². The molecular weight excluding hydrogens is 100.0 g/mol. The molecule has 32 valence electrons. The molecule has 0 heterocycles. The SMILES string of the molecule is O=C(O)O.[Ar]. The molecule has 0 unspecified atom stereocenters. The minimum absolute atomic E-state index is 0. The second kappa shape index (κ2) is 4.53. The Bertz CT molecular complexity index is 29.9. The Kier molecular flexibility index (Phi) is 8.25. The number of carboxylic acid groups (broad SMARTS) is 2. The summed E-state index contributed by atoms with van der Waals surface area (Å²) in [5, 5.41) is 13.9. The molecule has 0 bridgehead atoms. The minimum atomic E-state index is -1.83. The van der Waals surface area contributed by atoms with Crippen LogP contribution in [0.1, 0.15) is 0 Å². The molecule has 0 aromatic heterocycles. The first-order valence-corrected chi connectivity index (χ1v) is 0.651. The fraction of sp³-hybridized carbons (Fsp3) is 0. The summed E-state index contributed by atoms with van der Waals surface area (Å²) >= 11 is 0. The van der Waals surface area contributed by atoms with Gasteiger partial charge in [-0.05, 0) is 0 Å². The van der Waals surface area contributed by atoms with Crippen LogP contribution in [0.2, 0.25) is 0 Å². The molecule has 0 saturated carbocycles. The number of hydrogen-bond donors (Lipinski definition) is 2. The Labute approximate surface area is 58.6 Å². The van der Waals surface area contributed by atoms with E-state index in [-0.39, 0.29) is 37.7 Å². The zero-order valence-corrected chi connectivity index (χ0v) is 2.86. The zero-order chi connectivity index (χ0) is 3.58. The van der Waals surface area contributed by atoms with Crippen LogP contribution in [0, 0.1) is 37.7 Å². The van der Waals surface area contributed by atoms with Crippen LogP contribution in [0.3, 0.4) is 0 Å². The van der Waals surface area contributed by atoms with Gasteiger partial charge in [-0.3, -0.25) is 0 Å². The fourth-order valence-corrected chi connectivity index (χ4v) is 0. The molecule has 3 nitrogen and oxygen atoms in total. The largest absolute Gasteiger partial charge is 0.503 e. The van der Waals surface area contributed by atoms with E-state index in [1.807, 2.05) is 0 Å². The maximum atomic E-state index is 8.56. The third-order valence-corrected chi connectivity index (χ3v) is 0. The van der Waals surface area contributed by atoms with Gasteiger partial charge in [-0.15, -0.1) is 0 Å². The Hall–Kier alpha value is 0.530. The topological polar surface area (TPSA) is 57.5 Å². The van der Waals surface area contributed by atoms with Crippen LogP contribution in [0.25, 0.3) is 0 Å². The summed E-state index contributed by atoms with van der Waals surface area (Å²) in [5.74, 6) is 0. The summed E-state index contributed by atoms with van der Waals surface area (Å²) in [7, 11) is 0. The molecule has 0 aliphatic carbocycles. The molecule has 0 radical (unpaired) electrons. The Morgan fingerprint density at radius 3 is 1.40 bits per heavy atom. The maximum absolute atomic E-state index is 8.56. The van der Waals surface area contributed by atoms with Gasteiger partial charge >= 0.3 is 6.16 Å². The van der Waals surface area contributed by atoms with Crippen molar-refractivity contribution in [2.75, 3.05) is 0 Å². The standard InChI is InChI=1S/CH2O3.Ar/c2-1(3)4;/h(H2,2,3,4);. The summed E-state index contributed by atoms with van der Waals surface area (Å²) < 4.78 is 0. The van der Waals surface area contributed by atoms with E-state index in [1.54, 1.807) is 0 Å². The second-order valence-corrected chi connectivity index (χ2v) is 0.283. The van der Waals surface area contributed by atoms with E-state index in [0.717, 1.165) is 0 Å². The van der Waals surface area contributed by atoms with Gasteiger partial charge < -0.3 is 10.2 Å². The van der Waals surface area contributed by atoms with Gasteiger partial charge in [0.15, 0.2) is 0 Å². The third-order valence-electron chi connectivity index (χ3n) is 0. The van der Waals surface area contributed by atoms with Gasteiger partial charge in [-0.25, -0.2) is 4.79 Å². The average Bonchev–Trinajstić information content (AvgIpc) is 0.811. The molecule has 2 N–H and O–H groups in total. The van der Waals surface area contributed by atoms with Gasteiger partial charge in [0.2, 0.25) is 0 Å². The molecule has 0 spiro atoms. The van der Waals surface area contributed by atoms with Crippen LogP contribution in [-0.2, 0) is 0 Å². The summed E-state index contributed by atoms with van der Waals surface area (Å²) in [6, 6.07) is 0. The Morgan fingerprint density at radius 1 is 1.40 bits per heavy atom. The predicted molar refractivity (Wildman–Crippen MR) is 10.7 cm³/mol. The monoisotopic (exact) mass is 102 g/mol. The summed E-state index contributed by atoms with van der Waals surface area (Å²) in [5.41, 5.74) is 0. The van der Waals surface area contributed by atoms with Crippen LogP contribution < -0.4 is 0 Å². The molecule has 0 fully saturated rings. The van der Waals surface area contributed by atoms with E-state index in [4.69, 9.17) is 15.0 Å². The van der Waals surface area contributed by atoms with E-state index in [9.17, 15) is 0 Å². The van der Waals surface area contributed by atoms with Gasteiger partial charge in [-0.1, -0.05) is 0 Å². The number of rotatable bonds is 0. The van der Waals surface area contributed by atoms with E-state index in [2.05, 4.69) is 0 Å². The van der Waals surface area contributed by atoms with Crippen molar-refractivity contribution in [2.24, 2.45) is 0 Å². The van der Waals surface area contributed by atoms with E-state index >= 15 is 0 Å². The molecule has 0 aliphatic rings. The van der Waals surface area contributed by atoms with E-state index in [0.29, 0.717) is 0 Å². The van der Waals surface area contributed by atoms with Crippen molar-refractivity contribution in [3.05, 3.63) is 0 Å². The van der Waals surface area contributed by atoms with E-state index in [1.165, 1.54) is 0 Å². The van der Waals surface area contributed by atoms with Gasteiger partial charge in [0, 0.05) is 37.7 Å². The van der Waals surface area contributed by atoms with Crippen LogP contribution >= 0.6 is 0 Å². The molecular formula is CH2ArO3. The second-order valence-electron chi connectivity index (χ2n) is 0.283. The van der Waals surface area contributed by atoms with Crippen LogP contribution in [0.4, 0.5) is 4.79 Å². The molecule has 4 heteroatoms. The van der Waals surface area contributed by atoms with Crippen molar-refractivity contribution in [1.82, 2.24) is 0 Å². The average molecular weight is 102 g/mol. The van der Waals surface area contributed by atoms with Crippen molar-refractivity contribution in [2.45, 2.75) is 0 Å². The smallest absolute Gasteiger partial charge is 0.450 e. The Morgan fingerprint density at radius 2 is 1.40 bits per heavy atom. The van der Waals surface area contributed by atoms with Crippen LogP contribution in [0.15, 0.2) is 0 Å². The molecule has 0 aromatic carbocycles. The van der Waals surface area contributed by atoms with Crippen molar-refractivity contribution < 1.29 is 52.7 Å². The molecule has 0 amide bonds. The van der Waals surface area contributed by atoms with Crippen LogP contribution in [0.5, 0.6) is 0 Å². The van der Waals surface area contributed by atoms with Gasteiger partial charge in [0.1, 0.15) is 0 Å². The van der Waals surface area contributed by atoms with Crippen molar-refractivity contribution in [3.63, 3.8) is 0 Å². The zero-order valence-electron chi connectivity index (χ0n) is 2.16. The maximum Gasteiger partial charge on any atom is 0.503 e. The first-order chi connectivity index (χ1) is 1.73. The minimum Gasteiger partial charge on any atom is -0.450 e.